The Morgan fingerprint density at radius 3 is 2.52 bits per heavy atom. The van der Waals surface area contributed by atoms with E-state index in [2.05, 4.69) is 0 Å². The predicted octanol–water partition coefficient (Wildman–Crippen LogP) is 5.30. The summed E-state index contributed by atoms with van der Waals surface area (Å²) in [7, 11) is 1.66. The molecular weight excluding hydrogens is 308 g/mol. The summed E-state index contributed by atoms with van der Waals surface area (Å²) in [5.74, 6) is 2.47. The number of rotatable bonds is 5. The van der Waals surface area contributed by atoms with Gasteiger partial charge in [-0.05, 0) is 48.9 Å². The van der Waals surface area contributed by atoms with Crippen molar-refractivity contribution >= 4 is 33.3 Å². The molecular formula is C19H16O3S. The minimum Gasteiger partial charge on any atom is -0.497 e. The van der Waals surface area contributed by atoms with Crippen LogP contribution >= 0.6 is 11.3 Å². The molecule has 0 spiro atoms. The van der Waals surface area contributed by atoms with Gasteiger partial charge in [-0.2, -0.15) is 0 Å². The fourth-order valence-corrected chi connectivity index (χ4v) is 3.07. The number of carbonyl (C=O) groups excluding carboxylic acids is 1. The Morgan fingerprint density at radius 1 is 1.09 bits per heavy atom. The number of ether oxygens (including phenoxy) is 2. The van der Waals surface area contributed by atoms with E-state index >= 15 is 0 Å². The molecule has 116 valence electrons. The molecule has 0 radical (unpaired) electrons. The van der Waals surface area contributed by atoms with Gasteiger partial charge in [0.1, 0.15) is 17.2 Å². The minimum absolute atomic E-state index is 0.0329. The quantitative estimate of drug-likeness (QED) is 0.597. The van der Waals surface area contributed by atoms with Crippen molar-refractivity contribution < 1.29 is 14.3 Å². The molecule has 0 aliphatic carbocycles. The molecule has 1 heterocycles. The summed E-state index contributed by atoms with van der Waals surface area (Å²) >= 11 is 1.62. The van der Waals surface area contributed by atoms with E-state index in [-0.39, 0.29) is 5.78 Å². The van der Waals surface area contributed by atoms with Crippen molar-refractivity contribution in [1.82, 2.24) is 0 Å². The van der Waals surface area contributed by atoms with Crippen LogP contribution in [0.15, 0.2) is 53.9 Å². The van der Waals surface area contributed by atoms with Gasteiger partial charge in [0, 0.05) is 15.5 Å². The highest BCUT2D eigenvalue weighted by Crippen LogP contribution is 2.37. The minimum atomic E-state index is 0.0329. The SMILES string of the molecule is COc1ccc2c(Oc3ccc(C=CC(C)=O)cc3)csc2c1. The summed E-state index contributed by atoms with van der Waals surface area (Å²) < 4.78 is 12.3. The van der Waals surface area contributed by atoms with Gasteiger partial charge in [0.15, 0.2) is 5.78 Å². The molecule has 0 bridgehead atoms. The highest BCUT2D eigenvalue weighted by atomic mass is 32.1. The Hall–Kier alpha value is -2.59. The normalized spacial score (nSPS) is 11.0. The smallest absolute Gasteiger partial charge is 0.152 e. The van der Waals surface area contributed by atoms with Crippen molar-refractivity contribution in [2.45, 2.75) is 6.92 Å². The van der Waals surface area contributed by atoms with Crippen LogP contribution in [0.25, 0.3) is 16.2 Å². The highest BCUT2D eigenvalue weighted by Gasteiger charge is 2.07. The molecule has 0 saturated carbocycles. The van der Waals surface area contributed by atoms with Crippen molar-refractivity contribution in [2.24, 2.45) is 0 Å². The van der Waals surface area contributed by atoms with Gasteiger partial charge in [0.25, 0.3) is 0 Å². The molecule has 0 amide bonds. The van der Waals surface area contributed by atoms with E-state index in [0.29, 0.717) is 0 Å². The van der Waals surface area contributed by atoms with Crippen LogP contribution in [0.4, 0.5) is 0 Å². The van der Waals surface area contributed by atoms with Crippen LogP contribution in [0.3, 0.4) is 0 Å². The lowest BCUT2D eigenvalue weighted by Gasteiger charge is -2.05. The summed E-state index contributed by atoms with van der Waals surface area (Å²) in [6, 6.07) is 13.6. The summed E-state index contributed by atoms with van der Waals surface area (Å²) in [6.07, 6.45) is 3.34. The lowest BCUT2D eigenvalue weighted by atomic mass is 10.2. The third-order valence-electron chi connectivity index (χ3n) is 3.37. The van der Waals surface area contributed by atoms with E-state index < -0.39 is 0 Å². The molecule has 3 rings (SSSR count). The first kappa shape index (κ1) is 15.3. The summed E-state index contributed by atoms with van der Waals surface area (Å²) in [5.41, 5.74) is 0.965. The fraction of sp³-hybridized carbons (Fsp3) is 0.105. The molecule has 0 fully saturated rings. The molecule has 0 aliphatic heterocycles. The largest absolute Gasteiger partial charge is 0.497 e. The molecule has 1 aromatic heterocycles. The Labute approximate surface area is 138 Å². The molecule has 23 heavy (non-hydrogen) atoms. The van der Waals surface area contributed by atoms with Crippen molar-refractivity contribution in [2.75, 3.05) is 7.11 Å². The Morgan fingerprint density at radius 2 is 1.83 bits per heavy atom. The Kier molecular flexibility index (Phi) is 4.44. The second kappa shape index (κ2) is 6.67. The third-order valence-corrected chi connectivity index (χ3v) is 4.29. The first-order valence-electron chi connectivity index (χ1n) is 7.17. The number of hydrogen-bond acceptors (Lipinski definition) is 4. The zero-order valence-electron chi connectivity index (χ0n) is 12.9. The Bertz CT molecular complexity index is 860. The standard InChI is InChI=1S/C19H16O3S/c1-13(20)3-4-14-5-7-15(8-6-14)22-18-12-23-19-11-16(21-2)9-10-17(18)19/h3-12H,1-2H3. The third kappa shape index (κ3) is 3.60. The molecule has 0 saturated heterocycles. The number of benzene rings is 2. The maximum Gasteiger partial charge on any atom is 0.152 e. The van der Waals surface area contributed by atoms with E-state index in [9.17, 15) is 4.79 Å². The van der Waals surface area contributed by atoms with Gasteiger partial charge < -0.3 is 9.47 Å². The van der Waals surface area contributed by atoms with Crippen LogP contribution in [-0.2, 0) is 4.79 Å². The molecule has 0 aliphatic rings. The molecule has 0 N–H and O–H groups in total. The van der Waals surface area contributed by atoms with Crippen LogP contribution in [-0.4, -0.2) is 12.9 Å². The van der Waals surface area contributed by atoms with Gasteiger partial charge in [-0.15, -0.1) is 11.3 Å². The van der Waals surface area contributed by atoms with Gasteiger partial charge in [-0.1, -0.05) is 18.2 Å². The zero-order valence-corrected chi connectivity index (χ0v) is 13.7. The molecule has 3 nitrogen and oxygen atoms in total. The average molecular weight is 324 g/mol. The van der Waals surface area contributed by atoms with Crippen molar-refractivity contribution in [3.8, 4) is 17.2 Å². The number of carbonyl (C=O) groups is 1. The van der Waals surface area contributed by atoms with Crippen LogP contribution in [0, 0.1) is 0 Å². The van der Waals surface area contributed by atoms with Gasteiger partial charge in [-0.3, -0.25) is 4.79 Å². The molecule has 0 atom stereocenters. The first-order chi connectivity index (χ1) is 11.2. The van der Waals surface area contributed by atoms with Crippen LogP contribution in [0.5, 0.6) is 17.2 Å². The number of ketones is 1. The van der Waals surface area contributed by atoms with Crippen molar-refractivity contribution in [3.63, 3.8) is 0 Å². The first-order valence-corrected chi connectivity index (χ1v) is 8.05. The lowest BCUT2D eigenvalue weighted by molar-refractivity contribution is -0.112. The highest BCUT2D eigenvalue weighted by molar-refractivity contribution is 7.17. The molecule has 0 unspecified atom stereocenters. The topological polar surface area (TPSA) is 35.5 Å². The zero-order chi connectivity index (χ0) is 16.2. The Balaban J connectivity index is 1.80. The number of allylic oxidation sites excluding steroid dienone is 1. The van der Waals surface area contributed by atoms with Crippen LogP contribution in [0.2, 0.25) is 0 Å². The maximum atomic E-state index is 10.9. The average Bonchev–Trinajstić information content (AvgIpc) is 2.96. The van der Waals surface area contributed by atoms with E-state index in [0.717, 1.165) is 32.9 Å². The summed E-state index contributed by atoms with van der Waals surface area (Å²) in [4.78, 5) is 10.9. The van der Waals surface area contributed by atoms with Crippen LogP contribution in [0.1, 0.15) is 12.5 Å². The molecule has 3 aromatic rings. The van der Waals surface area contributed by atoms with Crippen molar-refractivity contribution in [1.29, 1.82) is 0 Å². The van der Waals surface area contributed by atoms with Gasteiger partial charge >= 0.3 is 0 Å². The summed E-state index contributed by atoms with van der Waals surface area (Å²) in [5, 5.41) is 3.06. The van der Waals surface area contributed by atoms with E-state index in [1.807, 2.05) is 47.8 Å². The number of methoxy groups -OCH3 is 1. The molecule has 2 aromatic carbocycles. The van der Waals surface area contributed by atoms with E-state index in [4.69, 9.17) is 9.47 Å². The second-order valence-electron chi connectivity index (χ2n) is 5.08. The number of fused-ring (bicyclic) bond motifs is 1. The van der Waals surface area contributed by atoms with Gasteiger partial charge in [0.05, 0.1) is 7.11 Å². The van der Waals surface area contributed by atoms with E-state index in [1.54, 1.807) is 30.6 Å². The van der Waals surface area contributed by atoms with E-state index in [1.165, 1.54) is 6.92 Å². The number of thiophene rings is 1. The number of hydrogen-bond donors (Lipinski definition) is 0. The second-order valence-corrected chi connectivity index (χ2v) is 5.99. The monoisotopic (exact) mass is 324 g/mol. The predicted molar refractivity (Wildman–Crippen MR) is 94.6 cm³/mol. The summed E-state index contributed by atoms with van der Waals surface area (Å²) in [6.45, 7) is 1.53. The molecule has 4 heteroatoms. The fourth-order valence-electron chi connectivity index (χ4n) is 2.18. The lowest BCUT2D eigenvalue weighted by Crippen LogP contribution is -1.84. The maximum absolute atomic E-state index is 10.9. The van der Waals surface area contributed by atoms with Gasteiger partial charge in [-0.25, -0.2) is 0 Å². The van der Waals surface area contributed by atoms with Gasteiger partial charge in [0.2, 0.25) is 0 Å². The van der Waals surface area contributed by atoms with Crippen LogP contribution < -0.4 is 9.47 Å². The van der Waals surface area contributed by atoms with Crippen molar-refractivity contribution in [3.05, 3.63) is 59.5 Å².